The fourth-order valence-corrected chi connectivity index (χ4v) is 1.47. The maximum Gasteiger partial charge on any atom is 0.128 e. The van der Waals surface area contributed by atoms with E-state index < -0.39 is 0 Å². The van der Waals surface area contributed by atoms with Crippen LogP contribution < -0.4 is 5.32 Å². The van der Waals surface area contributed by atoms with Gasteiger partial charge in [0.25, 0.3) is 0 Å². The molecule has 16 heavy (non-hydrogen) atoms. The fourth-order valence-electron chi connectivity index (χ4n) is 1.47. The third-order valence-electron chi connectivity index (χ3n) is 2.29. The SMILES string of the molecule is Fc1cccc(CCNCc2cnoc2)c1. The molecule has 0 aliphatic rings. The Morgan fingerprint density at radius 1 is 1.31 bits per heavy atom. The van der Waals surface area contributed by atoms with Gasteiger partial charge in [-0.05, 0) is 30.7 Å². The summed E-state index contributed by atoms with van der Waals surface area (Å²) in [5.41, 5.74) is 2.01. The fraction of sp³-hybridized carbons (Fsp3) is 0.250. The van der Waals surface area contributed by atoms with Gasteiger partial charge in [0.05, 0.1) is 6.20 Å². The summed E-state index contributed by atoms with van der Waals surface area (Å²) in [6, 6.07) is 6.66. The second-order valence-corrected chi connectivity index (χ2v) is 3.59. The molecule has 0 aliphatic carbocycles. The van der Waals surface area contributed by atoms with E-state index in [-0.39, 0.29) is 5.82 Å². The maximum absolute atomic E-state index is 12.9. The minimum atomic E-state index is -0.184. The molecule has 0 saturated heterocycles. The summed E-state index contributed by atoms with van der Waals surface area (Å²) in [5, 5.41) is 6.84. The van der Waals surface area contributed by atoms with Gasteiger partial charge in [0.2, 0.25) is 0 Å². The average Bonchev–Trinajstić information content (AvgIpc) is 2.77. The zero-order chi connectivity index (χ0) is 11.2. The minimum absolute atomic E-state index is 0.184. The molecule has 0 bridgehead atoms. The Balaban J connectivity index is 1.72. The summed E-state index contributed by atoms with van der Waals surface area (Å²) < 4.78 is 17.6. The summed E-state index contributed by atoms with van der Waals surface area (Å²) in [6.45, 7) is 1.52. The maximum atomic E-state index is 12.9. The van der Waals surface area contributed by atoms with Crippen LogP contribution in [-0.4, -0.2) is 11.7 Å². The number of nitrogens with one attached hydrogen (secondary N) is 1. The summed E-state index contributed by atoms with van der Waals surface area (Å²) in [7, 11) is 0. The molecule has 1 heterocycles. The monoisotopic (exact) mass is 220 g/mol. The molecular weight excluding hydrogens is 207 g/mol. The Hall–Kier alpha value is -1.68. The van der Waals surface area contributed by atoms with Crippen LogP contribution in [0.1, 0.15) is 11.1 Å². The number of benzene rings is 1. The molecule has 1 aromatic carbocycles. The largest absolute Gasteiger partial charge is 0.364 e. The smallest absolute Gasteiger partial charge is 0.128 e. The second-order valence-electron chi connectivity index (χ2n) is 3.59. The Bertz CT molecular complexity index is 428. The molecule has 1 aromatic heterocycles. The minimum Gasteiger partial charge on any atom is -0.364 e. The Labute approximate surface area is 93.3 Å². The lowest BCUT2D eigenvalue weighted by Gasteiger charge is -2.03. The van der Waals surface area contributed by atoms with Crippen molar-refractivity contribution in [3.8, 4) is 0 Å². The predicted octanol–water partition coefficient (Wildman–Crippen LogP) is 2.15. The number of nitrogens with zero attached hydrogens (tertiary/aromatic N) is 1. The van der Waals surface area contributed by atoms with Crippen LogP contribution in [0.5, 0.6) is 0 Å². The van der Waals surface area contributed by atoms with Crippen molar-refractivity contribution in [1.82, 2.24) is 10.5 Å². The molecule has 0 amide bonds. The van der Waals surface area contributed by atoms with E-state index in [0.717, 1.165) is 30.6 Å². The number of halogens is 1. The van der Waals surface area contributed by atoms with Crippen molar-refractivity contribution in [2.45, 2.75) is 13.0 Å². The van der Waals surface area contributed by atoms with Gasteiger partial charge >= 0.3 is 0 Å². The van der Waals surface area contributed by atoms with Gasteiger partial charge in [-0.3, -0.25) is 0 Å². The van der Waals surface area contributed by atoms with E-state index >= 15 is 0 Å². The van der Waals surface area contributed by atoms with Crippen LogP contribution in [0.4, 0.5) is 4.39 Å². The first-order valence-corrected chi connectivity index (χ1v) is 5.18. The van der Waals surface area contributed by atoms with Crippen molar-refractivity contribution in [3.63, 3.8) is 0 Å². The number of rotatable bonds is 5. The molecule has 2 aromatic rings. The molecule has 0 spiro atoms. The van der Waals surface area contributed by atoms with Crippen LogP contribution in [-0.2, 0) is 13.0 Å². The lowest BCUT2D eigenvalue weighted by atomic mass is 10.1. The van der Waals surface area contributed by atoms with Gasteiger partial charge in [-0.1, -0.05) is 17.3 Å². The highest BCUT2D eigenvalue weighted by Gasteiger charge is 1.97. The number of aromatic nitrogens is 1. The predicted molar refractivity (Wildman–Crippen MR) is 58.3 cm³/mol. The van der Waals surface area contributed by atoms with E-state index in [0.29, 0.717) is 0 Å². The molecule has 0 aliphatic heterocycles. The van der Waals surface area contributed by atoms with Gasteiger partial charge in [-0.2, -0.15) is 0 Å². The standard InChI is InChI=1S/C12H13FN2O/c13-12-3-1-2-10(6-12)4-5-14-7-11-8-15-16-9-11/h1-3,6,8-9,14H,4-5,7H2. The first-order chi connectivity index (χ1) is 7.84. The van der Waals surface area contributed by atoms with Crippen molar-refractivity contribution < 1.29 is 8.91 Å². The van der Waals surface area contributed by atoms with E-state index in [1.54, 1.807) is 24.6 Å². The van der Waals surface area contributed by atoms with Crippen molar-refractivity contribution in [1.29, 1.82) is 0 Å². The molecule has 4 heteroatoms. The van der Waals surface area contributed by atoms with Gasteiger partial charge in [-0.25, -0.2) is 4.39 Å². The van der Waals surface area contributed by atoms with Crippen molar-refractivity contribution in [2.75, 3.05) is 6.54 Å². The lowest BCUT2D eigenvalue weighted by Crippen LogP contribution is -2.16. The van der Waals surface area contributed by atoms with E-state index in [4.69, 9.17) is 4.52 Å². The molecule has 84 valence electrons. The molecule has 0 atom stereocenters. The third-order valence-corrected chi connectivity index (χ3v) is 2.29. The highest BCUT2D eigenvalue weighted by molar-refractivity contribution is 5.16. The van der Waals surface area contributed by atoms with Crippen molar-refractivity contribution in [3.05, 3.63) is 53.7 Å². The highest BCUT2D eigenvalue weighted by Crippen LogP contribution is 2.03. The van der Waals surface area contributed by atoms with Gasteiger partial charge < -0.3 is 9.84 Å². The van der Waals surface area contributed by atoms with Crippen molar-refractivity contribution in [2.24, 2.45) is 0 Å². The average molecular weight is 220 g/mol. The van der Waals surface area contributed by atoms with Crippen LogP contribution in [0.2, 0.25) is 0 Å². The zero-order valence-electron chi connectivity index (χ0n) is 8.82. The third kappa shape index (κ3) is 3.17. The summed E-state index contributed by atoms with van der Waals surface area (Å²) in [5.74, 6) is -0.184. The summed E-state index contributed by atoms with van der Waals surface area (Å²) >= 11 is 0. The molecule has 0 unspecified atom stereocenters. The van der Waals surface area contributed by atoms with Crippen LogP contribution >= 0.6 is 0 Å². The van der Waals surface area contributed by atoms with E-state index in [1.807, 2.05) is 6.07 Å². The van der Waals surface area contributed by atoms with E-state index in [9.17, 15) is 4.39 Å². The Morgan fingerprint density at radius 3 is 3.00 bits per heavy atom. The van der Waals surface area contributed by atoms with Crippen LogP contribution in [0.25, 0.3) is 0 Å². The van der Waals surface area contributed by atoms with E-state index in [2.05, 4.69) is 10.5 Å². The molecule has 3 nitrogen and oxygen atoms in total. The first kappa shape index (κ1) is 10.8. The normalized spacial score (nSPS) is 10.6. The summed E-state index contributed by atoms with van der Waals surface area (Å²) in [6.07, 6.45) is 4.09. The Kier molecular flexibility index (Phi) is 3.66. The molecule has 0 radical (unpaired) electrons. The number of hydrogen-bond acceptors (Lipinski definition) is 3. The Morgan fingerprint density at radius 2 is 2.25 bits per heavy atom. The summed E-state index contributed by atoms with van der Waals surface area (Å²) in [4.78, 5) is 0. The van der Waals surface area contributed by atoms with Gasteiger partial charge in [0, 0.05) is 12.1 Å². The van der Waals surface area contributed by atoms with E-state index in [1.165, 1.54) is 6.07 Å². The molecule has 2 rings (SSSR count). The molecule has 0 fully saturated rings. The molecule has 1 N–H and O–H groups in total. The van der Waals surface area contributed by atoms with Crippen LogP contribution in [0, 0.1) is 5.82 Å². The van der Waals surface area contributed by atoms with Crippen LogP contribution in [0.15, 0.2) is 41.2 Å². The quantitative estimate of drug-likeness (QED) is 0.784. The van der Waals surface area contributed by atoms with Crippen molar-refractivity contribution >= 4 is 0 Å². The van der Waals surface area contributed by atoms with Gasteiger partial charge in [0.15, 0.2) is 0 Å². The van der Waals surface area contributed by atoms with Crippen LogP contribution in [0.3, 0.4) is 0 Å². The number of hydrogen-bond donors (Lipinski definition) is 1. The molecular formula is C12H13FN2O. The van der Waals surface area contributed by atoms with Gasteiger partial charge in [-0.15, -0.1) is 0 Å². The zero-order valence-corrected chi connectivity index (χ0v) is 8.82. The topological polar surface area (TPSA) is 38.1 Å². The van der Waals surface area contributed by atoms with Gasteiger partial charge in [0.1, 0.15) is 12.1 Å². The highest BCUT2D eigenvalue weighted by atomic mass is 19.1. The first-order valence-electron chi connectivity index (χ1n) is 5.18. The lowest BCUT2D eigenvalue weighted by molar-refractivity contribution is 0.418. The molecule has 0 saturated carbocycles. The second kappa shape index (κ2) is 5.42.